The molecule has 2 aliphatic heterocycles. The number of amides is 2. The monoisotopic (exact) mass is 496 g/mol. The van der Waals surface area contributed by atoms with Crippen molar-refractivity contribution in [2.75, 3.05) is 26.2 Å². The number of allylic oxidation sites excluding steroid dienone is 1. The summed E-state index contributed by atoms with van der Waals surface area (Å²) in [6, 6.07) is 0. The van der Waals surface area contributed by atoms with Crippen molar-refractivity contribution in [3.8, 4) is 0 Å². The van der Waals surface area contributed by atoms with Gasteiger partial charge in [-0.15, -0.1) is 13.2 Å². The van der Waals surface area contributed by atoms with Gasteiger partial charge >= 0.3 is 6.36 Å². The molecule has 4 fully saturated rings. The third-order valence-electron chi connectivity index (χ3n) is 8.18. The molecule has 2 saturated heterocycles. The summed E-state index contributed by atoms with van der Waals surface area (Å²) in [7, 11) is 0. The highest BCUT2D eigenvalue weighted by atomic mass is 19.4. The Balaban J connectivity index is 1.21. The SMILES string of the molecule is N=C1CCC(C(=O)N2CC3CCN(C(=O)C=CC4CCC(OC(F)(F)F)CC4)CCC3C2)CC1=N. The van der Waals surface area contributed by atoms with Crippen molar-refractivity contribution in [3.05, 3.63) is 12.2 Å². The Kier molecular flexibility index (Phi) is 7.98. The third-order valence-corrected chi connectivity index (χ3v) is 8.18. The predicted octanol–water partition coefficient (Wildman–Crippen LogP) is 4.17. The lowest BCUT2D eigenvalue weighted by molar-refractivity contribution is -0.345. The molecule has 2 N–H and O–H groups in total. The van der Waals surface area contributed by atoms with E-state index in [1.54, 1.807) is 6.08 Å². The summed E-state index contributed by atoms with van der Waals surface area (Å²) < 4.78 is 41.2. The summed E-state index contributed by atoms with van der Waals surface area (Å²) >= 11 is 0. The molecule has 10 heteroatoms. The molecule has 2 amide bonds. The van der Waals surface area contributed by atoms with Crippen LogP contribution >= 0.6 is 0 Å². The van der Waals surface area contributed by atoms with Gasteiger partial charge in [0, 0.05) is 38.5 Å². The number of alkyl halides is 3. The number of nitrogens with zero attached hydrogens (tertiary/aromatic N) is 2. The lowest BCUT2D eigenvalue weighted by Gasteiger charge is -2.28. The minimum Gasteiger partial charge on any atom is -0.342 e. The summed E-state index contributed by atoms with van der Waals surface area (Å²) in [6.07, 6.45) is 3.12. The van der Waals surface area contributed by atoms with Gasteiger partial charge in [-0.1, -0.05) is 6.08 Å². The molecule has 0 spiro atoms. The zero-order chi connectivity index (χ0) is 25.2. The van der Waals surface area contributed by atoms with E-state index in [-0.39, 0.29) is 29.4 Å². The average molecular weight is 497 g/mol. The third kappa shape index (κ3) is 6.71. The quantitative estimate of drug-likeness (QED) is 0.572. The number of halogens is 3. The highest BCUT2D eigenvalue weighted by Gasteiger charge is 2.40. The molecule has 0 aromatic rings. The van der Waals surface area contributed by atoms with Crippen molar-refractivity contribution in [3.63, 3.8) is 0 Å². The molecule has 2 aliphatic carbocycles. The maximum absolute atomic E-state index is 13.0. The Morgan fingerprint density at radius 1 is 0.886 bits per heavy atom. The minimum atomic E-state index is -4.59. The first-order chi connectivity index (χ1) is 16.6. The van der Waals surface area contributed by atoms with Crippen LogP contribution < -0.4 is 0 Å². The molecule has 35 heavy (non-hydrogen) atoms. The van der Waals surface area contributed by atoms with E-state index >= 15 is 0 Å². The maximum Gasteiger partial charge on any atom is 0.522 e. The van der Waals surface area contributed by atoms with Crippen molar-refractivity contribution >= 4 is 23.2 Å². The fourth-order valence-corrected chi connectivity index (χ4v) is 6.07. The van der Waals surface area contributed by atoms with Gasteiger partial charge in [0.1, 0.15) is 0 Å². The number of nitrogens with one attached hydrogen (secondary N) is 2. The molecule has 0 radical (unpaired) electrons. The summed E-state index contributed by atoms with van der Waals surface area (Å²) in [6.45, 7) is 2.69. The maximum atomic E-state index is 13.0. The number of carbonyl (C=O) groups excluding carboxylic acids is 2. The first-order valence-electron chi connectivity index (χ1n) is 12.7. The molecule has 3 atom stereocenters. The number of likely N-dealkylation sites (tertiary alicyclic amines) is 2. The van der Waals surface area contributed by atoms with Crippen LogP contribution in [0.1, 0.15) is 57.8 Å². The van der Waals surface area contributed by atoms with Crippen LogP contribution in [0.25, 0.3) is 0 Å². The fourth-order valence-electron chi connectivity index (χ4n) is 6.07. The van der Waals surface area contributed by atoms with E-state index in [0.29, 0.717) is 88.7 Å². The van der Waals surface area contributed by atoms with Crippen LogP contribution in [-0.4, -0.2) is 71.7 Å². The number of carbonyl (C=O) groups is 2. The number of ether oxygens (including phenoxy) is 1. The van der Waals surface area contributed by atoms with Crippen molar-refractivity contribution in [1.29, 1.82) is 10.8 Å². The van der Waals surface area contributed by atoms with E-state index in [1.165, 1.54) is 0 Å². The molecule has 3 unspecified atom stereocenters. The molecule has 4 rings (SSSR count). The van der Waals surface area contributed by atoms with Gasteiger partial charge in [0.2, 0.25) is 11.8 Å². The second kappa shape index (κ2) is 10.8. The van der Waals surface area contributed by atoms with E-state index in [9.17, 15) is 22.8 Å². The zero-order valence-electron chi connectivity index (χ0n) is 20.0. The van der Waals surface area contributed by atoms with Gasteiger partial charge in [-0.05, 0) is 75.2 Å². The van der Waals surface area contributed by atoms with Crippen molar-refractivity contribution in [1.82, 2.24) is 9.80 Å². The molecular formula is C25H35F3N4O3. The standard InChI is InChI=1S/C25H35F3N4O3/c26-25(27,28)35-20-5-1-16(2-6-20)3-8-23(33)31-11-9-18-14-32(15-19(18)10-12-31)24(34)17-4-7-21(29)22(30)13-17/h3,8,16-20,29-30H,1-2,4-7,9-15H2. The lowest BCUT2D eigenvalue weighted by atomic mass is 9.85. The normalized spacial score (nSPS) is 32.6. The van der Waals surface area contributed by atoms with Crippen LogP contribution in [0.15, 0.2) is 12.2 Å². The summed E-state index contributed by atoms with van der Waals surface area (Å²) in [5.41, 5.74) is 0.635. The molecule has 4 aliphatic rings. The van der Waals surface area contributed by atoms with Gasteiger partial charge in [0.05, 0.1) is 17.5 Å². The van der Waals surface area contributed by atoms with E-state index in [0.717, 1.165) is 12.8 Å². The van der Waals surface area contributed by atoms with Gasteiger partial charge in [0.25, 0.3) is 0 Å². The van der Waals surface area contributed by atoms with Crippen LogP contribution in [0.2, 0.25) is 0 Å². The Hall–Kier alpha value is -2.23. The Morgan fingerprint density at radius 2 is 1.51 bits per heavy atom. The summed E-state index contributed by atoms with van der Waals surface area (Å²) in [5, 5.41) is 15.6. The van der Waals surface area contributed by atoms with Gasteiger partial charge < -0.3 is 20.6 Å². The topological polar surface area (TPSA) is 97.6 Å². The zero-order valence-corrected chi connectivity index (χ0v) is 20.0. The Bertz CT molecular complexity index is 851. The summed E-state index contributed by atoms with van der Waals surface area (Å²) in [4.78, 5) is 29.6. The molecule has 7 nitrogen and oxygen atoms in total. The highest BCUT2D eigenvalue weighted by molar-refractivity contribution is 6.40. The number of rotatable bonds is 4. The molecular weight excluding hydrogens is 461 g/mol. The molecule has 0 bridgehead atoms. The smallest absolute Gasteiger partial charge is 0.342 e. The fraction of sp³-hybridized carbons (Fsp3) is 0.760. The average Bonchev–Trinajstić information content (AvgIpc) is 3.11. The van der Waals surface area contributed by atoms with Crippen molar-refractivity contribution < 1.29 is 27.5 Å². The van der Waals surface area contributed by atoms with Gasteiger partial charge in [-0.3, -0.25) is 14.3 Å². The largest absolute Gasteiger partial charge is 0.522 e. The first kappa shape index (κ1) is 25.9. The van der Waals surface area contributed by atoms with E-state index in [2.05, 4.69) is 4.74 Å². The molecule has 2 heterocycles. The van der Waals surface area contributed by atoms with Gasteiger partial charge in [-0.2, -0.15) is 0 Å². The number of hydrogen-bond acceptors (Lipinski definition) is 5. The number of fused-ring (bicyclic) bond motifs is 1. The second-order valence-corrected chi connectivity index (χ2v) is 10.5. The van der Waals surface area contributed by atoms with Crippen LogP contribution in [0.3, 0.4) is 0 Å². The van der Waals surface area contributed by atoms with Gasteiger partial charge in [-0.25, -0.2) is 0 Å². The van der Waals surface area contributed by atoms with E-state index in [4.69, 9.17) is 10.8 Å². The minimum absolute atomic E-state index is 0.0465. The summed E-state index contributed by atoms with van der Waals surface area (Å²) in [5.74, 6) is 0.716. The molecule has 194 valence electrons. The molecule has 2 saturated carbocycles. The first-order valence-corrected chi connectivity index (χ1v) is 12.7. The van der Waals surface area contributed by atoms with Crippen molar-refractivity contribution in [2.24, 2.45) is 23.7 Å². The Labute approximate surface area is 204 Å². The molecule has 0 aromatic heterocycles. The number of hydrogen-bond donors (Lipinski definition) is 2. The van der Waals surface area contributed by atoms with E-state index in [1.807, 2.05) is 15.9 Å². The second-order valence-electron chi connectivity index (χ2n) is 10.5. The van der Waals surface area contributed by atoms with Crippen molar-refractivity contribution in [2.45, 2.75) is 70.3 Å². The van der Waals surface area contributed by atoms with Crippen LogP contribution in [0, 0.1) is 34.5 Å². The predicted molar refractivity (Wildman–Crippen MR) is 124 cm³/mol. The van der Waals surface area contributed by atoms with Gasteiger partial charge in [0.15, 0.2) is 0 Å². The molecule has 0 aromatic carbocycles. The van der Waals surface area contributed by atoms with Crippen LogP contribution in [0.5, 0.6) is 0 Å². The Morgan fingerprint density at radius 3 is 2.09 bits per heavy atom. The lowest BCUT2D eigenvalue weighted by Crippen LogP contribution is -2.39. The van der Waals surface area contributed by atoms with Crippen LogP contribution in [0.4, 0.5) is 13.2 Å². The highest BCUT2D eigenvalue weighted by Crippen LogP contribution is 2.35. The van der Waals surface area contributed by atoms with E-state index < -0.39 is 12.5 Å². The van der Waals surface area contributed by atoms with Crippen LogP contribution in [-0.2, 0) is 14.3 Å².